The average molecular weight is 506 g/mol. The standard InChI is InChI=1S/C26H27N5O4S/c1-18-6-8-21(9-7-18)36(33,34)24(14-19-15-27-23-5-3-2-4-22(19)23)25(32)30-20-16-28-26(29-17-20)31-10-12-35-13-11-31/h2-9,15-17,24,27H,10-14H2,1H3,(H,30,32)/t24-/m0/s1. The van der Waals surface area contributed by atoms with Crippen LogP contribution in [0.5, 0.6) is 0 Å². The van der Waals surface area contributed by atoms with Crippen molar-refractivity contribution in [2.75, 3.05) is 36.5 Å². The van der Waals surface area contributed by atoms with Crippen molar-refractivity contribution >= 4 is 38.3 Å². The number of hydrogen-bond donors (Lipinski definition) is 2. The number of aromatic nitrogens is 3. The van der Waals surface area contributed by atoms with Gasteiger partial charge in [0.05, 0.1) is 36.2 Å². The Morgan fingerprint density at radius 2 is 1.78 bits per heavy atom. The number of H-pyrrole nitrogens is 1. The molecule has 0 bridgehead atoms. The van der Waals surface area contributed by atoms with Crippen LogP contribution in [0.2, 0.25) is 0 Å². The maximum absolute atomic E-state index is 13.7. The van der Waals surface area contributed by atoms with E-state index in [1.807, 2.05) is 36.1 Å². The van der Waals surface area contributed by atoms with E-state index < -0.39 is 21.0 Å². The number of amides is 1. The summed E-state index contributed by atoms with van der Waals surface area (Å²) in [6.45, 7) is 4.47. The molecule has 3 heterocycles. The van der Waals surface area contributed by atoms with Crippen LogP contribution in [0.1, 0.15) is 11.1 Å². The second-order valence-corrected chi connectivity index (χ2v) is 10.9. The molecule has 1 atom stereocenters. The van der Waals surface area contributed by atoms with Gasteiger partial charge in [0.25, 0.3) is 0 Å². The van der Waals surface area contributed by atoms with Gasteiger partial charge in [-0.1, -0.05) is 35.9 Å². The van der Waals surface area contributed by atoms with Crippen LogP contribution < -0.4 is 10.2 Å². The molecule has 0 radical (unpaired) electrons. The van der Waals surface area contributed by atoms with Crippen molar-refractivity contribution in [2.24, 2.45) is 0 Å². The molecule has 2 N–H and O–H groups in total. The minimum absolute atomic E-state index is 0.0127. The first-order valence-electron chi connectivity index (χ1n) is 11.7. The summed E-state index contributed by atoms with van der Waals surface area (Å²) in [6.07, 6.45) is 4.77. The van der Waals surface area contributed by atoms with E-state index in [4.69, 9.17) is 4.74 Å². The van der Waals surface area contributed by atoms with Crippen molar-refractivity contribution in [1.29, 1.82) is 0 Å². The van der Waals surface area contributed by atoms with Crippen LogP contribution in [0, 0.1) is 6.92 Å². The average Bonchev–Trinajstić information content (AvgIpc) is 3.31. The van der Waals surface area contributed by atoms with Gasteiger partial charge >= 0.3 is 0 Å². The molecule has 1 saturated heterocycles. The third-order valence-electron chi connectivity index (χ3n) is 6.30. The Kier molecular flexibility index (Phi) is 6.71. The molecule has 5 rings (SSSR count). The maximum Gasteiger partial charge on any atom is 0.243 e. The zero-order valence-electron chi connectivity index (χ0n) is 19.8. The fourth-order valence-electron chi connectivity index (χ4n) is 4.27. The summed E-state index contributed by atoms with van der Waals surface area (Å²) >= 11 is 0. The highest BCUT2D eigenvalue weighted by molar-refractivity contribution is 7.92. The quantitative estimate of drug-likeness (QED) is 0.396. The Morgan fingerprint density at radius 3 is 2.50 bits per heavy atom. The summed E-state index contributed by atoms with van der Waals surface area (Å²) in [5.41, 5.74) is 2.90. The lowest BCUT2D eigenvalue weighted by molar-refractivity contribution is -0.115. The van der Waals surface area contributed by atoms with Gasteiger partial charge in [0.1, 0.15) is 5.25 Å². The highest BCUT2D eigenvalue weighted by atomic mass is 32.2. The molecule has 0 spiro atoms. The molecule has 1 aliphatic heterocycles. The zero-order chi connectivity index (χ0) is 25.1. The monoisotopic (exact) mass is 505 g/mol. The van der Waals surface area contributed by atoms with Gasteiger partial charge in [-0.3, -0.25) is 4.79 Å². The number of hydrogen-bond acceptors (Lipinski definition) is 7. The number of rotatable bonds is 7. The predicted molar refractivity (Wildman–Crippen MR) is 138 cm³/mol. The van der Waals surface area contributed by atoms with Crippen molar-refractivity contribution < 1.29 is 17.9 Å². The molecule has 1 aliphatic rings. The molecule has 2 aromatic carbocycles. The largest absolute Gasteiger partial charge is 0.378 e. The van der Waals surface area contributed by atoms with E-state index in [-0.39, 0.29) is 11.3 Å². The third-order valence-corrected chi connectivity index (χ3v) is 8.36. The molecule has 36 heavy (non-hydrogen) atoms. The first-order chi connectivity index (χ1) is 17.4. The topological polar surface area (TPSA) is 117 Å². The number of carbonyl (C=O) groups excluding carboxylic acids is 1. The van der Waals surface area contributed by atoms with E-state index in [0.717, 1.165) is 22.0 Å². The highest BCUT2D eigenvalue weighted by Gasteiger charge is 2.35. The molecule has 9 nitrogen and oxygen atoms in total. The van der Waals surface area contributed by atoms with E-state index in [1.165, 1.54) is 12.4 Å². The Bertz CT molecular complexity index is 1460. The van der Waals surface area contributed by atoms with Crippen LogP contribution in [-0.4, -0.2) is 60.8 Å². The second kappa shape index (κ2) is 10.1. The summed E-state index contributed by atoms with van der Waals surface area (Å²) in [7, 11) is -4.00. The fourth-order valence-corrected chi connectivity index (χ4v) is 5.85. The van der Waals surface area contributed by atoms with Gasteiger partial charge in [0.2, 0.25) is 11.9 Å². The number of para-hydroxylation sites is 1. The summed E-state index contributed by atoms with van der Waals surface area (Å²) in [5.74, 6) is -0.0949. The lowest BCUT2D eigenvalue weighted by Crippen LogP contribution is -2.38. The van der Waals surface area contributed by atoms with Gasteiger partial charge < -0.3 is 19.9 Å². The van der Waals surface area contributed by atoms with Gasteiger partial charge in [-0.25, -0.2) is 18.4 Å². The molecular formula is C26H27N5O4S. The number of aromatic amines is 1. The third kappa shape index (κ3) is 4.95. The Hall–Kier alpha value is -3.76. The molecular weight excluding hydrogens is 478 g/mol. The van der Waals surface area contributed by atoms with Crippen molar-refractivity contribution in [1.82, 2.24) is 15.0 Å². The van der Waals surface area contributed by atoms with Crippen molar-refractivity contribution in [3.05, 3.63) is 78.2 Å². The number of aryl methyl sites for hydroxylation is 1. The zero-order valence-corrected chi connectivity index (χ0v) is 20.7. The Labute approximate surface area is 209 Å². The molecule has 1 fully saturated rings. The second-order valence-electron chi connectivity index (χ2n) is 8.77. The Morgan fingerprint density at radius 1 is 1.08 bits per heavy atom. The summed E-state index contributed by atoms with van der Waals surface area (Å²) < 4.78 is 32.7. The summed E-state index contributed by atoms with van der Waals surface area (Å²) in [4.78, 5) is 27.4. The molecule has 4 aromatic rings. The van der Waals surface area contributed by atoms with Crippen LogP contribution in [0.15, 0.2) is 72.0 Å². The maximum atomic E-state index is 13.7. The number of nitrogens with one attached hydrogen (secondary N) is 2. The van der Waals surface area contributed by atoms with E-state index in [2.05, 4.69) is 20.3 Å². The first kappa shape index (κ1) is 24.0. The van der Waals surface area contributed by atoms with Crippen LogP contribution in [0.3, 0.4) is 0 Å². The van der Waals surface area contributed by atoms with Crippen LogP contribution in [0.25, 0.3) is 10.9 Å². The molecule has 0 saturated carbocycles. The number of sulfone groups is 1. The smallest absolute Gasteiger partial charge is 0.243 e. The lowest BCUT2D eigenvalue weighted by atomic mass is 10.1. The van der Waals surface area contributed by atoms with Crippen LogP contribution in [0.4, 0.5) is 11.6 Å². The number of benzene rings is 2. The first-order valence-corrected chi connectivity index (χ1v) is 13.3. The molecule has 0 unspecified atom stereocenters. The normalized spacial score (nSPS) is 15.1. The van der Waals surface area contributed by atoms with Crippen LogP contribution >= 0.6 is 0 Å². The molecule has 2 aromatic heterocycles. The number of ether oxygens (including phenoxy) is 1. The molecule has 186 valence electrons. The van der Waals surface area contributed by atoms with E-state index in [1.54, 1.807) is 30.5 Å². The van der Waals surface area contributed by atoms with Gasteiger partial charge in [0.15, 0.2) is 9.84 Å². The van der Waals surface area contributed by atoms with Gasteiger partial charge in [0, 0.05) is 36.6 Å². The predicted octanol–water partition coefficient (Wildman–Crippen LogP) is 3.13. The number of carbonyl (C=O) groups is 1. The van der Waals surface area contributed by atoms with Crippen LogP contribution in [-0.2, 0) is 25.8 Å². The lowest BCUT2D eigenvalue weighted by Gasteiger charge is -2.26. The SMILES string of the molecule is Cc1ccc(S(=O)(=O)[C@@H](Cc2c[nH]c3ccccc23)C(=O)Nc2cnc(N3CCOCC3)nc2)cc1. The number of morpholine rings is 1. The molecule has 0 aliphatic carbocycles. The summed E-state index contributed by atoms with van der Waals surface area (Å²) in [5, 5.41) is 2.26. The van der Waals surface area contributed by atoms with Crippen molar-refractivity contribution in [3.63, 3.8) is 0 Å². The molecule has 1 amide bonds. The molecule has 10 heteroatoms. The number of anilines is 2. The minimum atomic E-state index is -4.00. The van der Waals surface area contributed by atoms with Gasteiger partial charge in [-0.05, 0) is 30.7 Å². The van der Waals surface area contributed by atoms with E-state index in [9.17, 15) is 13.2 Å². The van der Waals surface area contributed by atoms with Crippen molar-refractivity contribution in [3.8, 4) is 0 Å². The van der Waals surface area contributed by atoms with Gasteiger partial charge in [-0.2, -0.15) is 0 Å². The number of fused-ring (bicyclic) bond motifs is 1. The highest BCUT2D eigenvalue weighted by Crippen LogP contribution is 2.26. The van der Waals surface area contributed by atoms with Crippen molar-refractivity contribution in [2.45, 2.75) is 23.5 Å². The Balaban J connectivity index is 1.43. The number of nitrogens with zero attached hydrogens (tertiary/aromatic N) is 3. The van der Waals surface area contributed by atoms with E-state index >= 15 is 0 Å². The fraction of sp³-hybridized carbons (Fsp3) is 0.269. The summed E-state index contributed by atoms with van der Waals surface area (Å²) in [6, 6.07) is 14.1. The van der Waals surface area contributed by atoms with E-state index in [0.29, 0.717) is 37.9 Å². The minimum Gasteiger partial charge on any atom is -0.378 e. The van der Waals surface area contributed by atoms with Gasteiger partial charge in [-0.15, -0.1) is 0 Å².